The topological polar surface area (TPSA) is 98.7 Å². The molecule has 1 aromatic carbocycles. The van der Waals surface area contributed by atoms with Gasteiger partial charge >= 0.3 is 5.22 Å². The Labute approximate surface area is 122 Å². The zero-order chi connectivity index (χ0) is 14.9. The molecule has 0 atom stereocenters. The summed E-state index contributed by atoms with van der Waals surface area (Å²) in [6.45, 7) is 3.23. The maximum atomic E-state index is 12.3. The number of aromatic nitrogens is 1. The van der Waals surface area contributed by atoms with Gasteiger partial charge in [0.1, 0.15) is 5.52 Å². The molecule has 2 aromatic rings. The molecule has 2 heterocycles. The van der Waals surface area contributed by atoms with Crippen molar-refractivity contribution in [3.05, 3.63) is 18.2 Å². The van der Waals surface area contributed by atoms with Crippen LogP contribution in [0.15, 0.2) is 27.8 Å². The van der Waals surface area contributed by atoms with Crippen LogP contribution in [-0.2, 0) is 14.6 Å². The predicted molar refractivity (Wildman–Crippen MR) is 77.7 cm³/mol. The summed E-state index contributed by atoms with van der Waals surface area (Å²) in [5.41, 5.74) is 7.04. The Morgan fingerprint density at radius 2 is 2.05 bits per heavy atom. The molecular formula is C13H17N3O4S. The molecule has 3 rings (SSSR count). The molecule has 21 heavy (non-hydrogen) atoms. The smallest absolute Gasteiger partial charge is 0.316 e. The highest BCUT2D eigenvalue weighted by molar-refractivity contribution is 7.91. The fraction of sp³-hybridized carbons (Fsp3) is 0.462. The van der Waals surface area contributed by atoms with Crippen LogP contribution in [0.3, 0.4) is 0 Å². The quantitative estimate of drug-likeness (QED) is 0.822. The Morgan fingerprint density at radius 1 is 1.29 bits per heavy atom. The highest BCUT2D eigenvalue weighted by Gasteiger charge is 2.23. The zero-order valence-electron chi connectivity index (χ0n) is 11.5. The number of fused-ring (bicyclic) bond motifs is 1. The maximum absolute atomic E-state index is 12.3. The number of hydrogen-bond acceptors (Lipinski definition) is 7. The van der Waals surface area contributed by atoms with Gasteiger partial charge in [0.05, 0.1) is 19.0 Å². The number of nitrogens with zero attached hydrogens (tertiary/aromatic N) is 2. The third-order valence-corrected chi connectivity index (χ3v) is 4.87. The van der Waals surface area contributed by atoms with Crippen molar-refractivity contribution in [1.82, 2.24) is 9.88 Å². The molecule has 1 fully saturated rings. The number of oxazole rings is 1. The molecule has 1 saturated heterocycles. The summed E-state index contributed by atoms with van der Waals surface area (Å²) in [5.74, 6) is -0.0185. The average molecular weight is 311 g/mol. The van der Waals surface area contributed by atoms with Crippen molar-refractivity contribution in [2.24, 2.45) is 0 Å². The number of anilines is 1. The van der Waals surface area contributed by atoms with E-state index in [1.54, 1.807) is 18.2 Å². The molecule has 114 valence electrons. The first-order chi connectivity index (χ1) is 10.0. The molecule has 0 unspecified atom stereocenters. The van der Waals surface area contributed by atoms with Crippen LogP contribution in [0.5, 0.6) is 0 Å². The predicted octanol–water partition coefficient (Wildman–Crippen LogP) is 0.516. The van der Waals surface area contributed by atoms with Crippen molar-refractivity contribution in [2.75, 3.05) is 44.3 Å². The van der Waals surface area contributed by atoms with E-state index in [0.29, 0.717) is 36.5 Å². The summed E-state index contributed by atoms with van der Waals surface area (Å²) < 4.78 is 35.1. The highest BCUT2D eigenvalue weighted by atomic mass is 32.2. The van der Waals surface area contributed by atoms with Crippen LogP contribution in [-0.4, -0.2) is 56.9 Å². The second-order valence-electron chi connectivity index (χ2n) is 4.98. The fourth-order valence-electron chi connectivity index (χ4n) is 2.21. The van der Waals surface area contributed by atoms with Crippen molar-refractivity contribution in [1.29, 1.82) is 0 Å². The number of morpholine rings is 1. The van der Waals surface area contributed by atoms with E-state index in [4.69, 9.17) is 14.9 Å². The van der Waals surface area contributed by atoms with Gasteiger partial charge in [0, 0.05) is 31.4 Å². The Morgan fingerprint density at radius 3 is 2.81 bits per heavy atom. The molecule has 0 saturated carbocycles. The average Bonchev–Trinajstić information content (AvgIpc) is 2.90. The fourth-order valence-corrected chi connectivity index (χ4v) is 3.34. The minimum absolute atomic E-state index is 0.0185. The van der Waals surface area contributed by atoms with Crippen LogP contribution in [0.1, 0.15) is 0 Å². The summed E-state index contributed by atoms with van der Waals surface area (Å²) in [7, 11) is -3.54. The van der Waals surface area contributed by atoms with Gasteiger partial charge < -0.3 is 14.9 Å². The van der Waals surface area contributed by atoms with E-state index in [1.165, 1.54) is 0 Å². The largest absolute Gasteiger partial charge is 0.428 e. The van der Waals surface area contributed by atoms with Crippen molar-refractivity contribution < 1.29 is 17.6 Å². The molecule has 0 radical (unpaired) electrons. The van der Waals surface area contributed by atoms with E-state index in [0.717, 1.165) is 13.1 Å². The molecule has 8 heteroatoms. The van der Waals surface area contributed by atoms with Gasteiger partial charge in [-0.05, 0) is 12.1 Å². The maximum Gasteiger partial charge on any atom is 0.316 e. The number of sulfone groups is 1. The van der Waals surface area contributed by atoms with Crippen LogP contribution in [0.2, 0.25) is 0 Å². The van der Waals surface area contributed by atoms with E-state index in [-0.39, 0.29) is 11.0 Å². The normalized spacial score (nSPS) is 17.3. The molecule has 0 spiro atoms. The Hall–Kier alpha value is -1.64. The molecule has 7 nitrogen and oxygen atoms in total. The van der Waals surface area contributed by atoms with Crippen molar-refractivity contribution in [3.63, 3.8) is 0 Å². The number of ether oxygens (including phenoxy) is 1. The molecule has 0 bridgehead atoms. The van der Waals surface area contributed by atoms with Gasteiger partial charge in [-0.2, -0.15) is 4.98 Å². The Balaban J connectivity index is 1.76. The summed E-state index contributed by atoms with van der Waals surface area (Å²) in [6, 6.07) is 4.88. The molecule has 0 amide bonds. The number of rotatable bonds is 4. The minimum Gasteiger partial charge on any atom is -0.428 e. The van der Waals surface area contributed by atoms with E-state index >= 15 is 0 Å². The van der Waals surface area contributed by atoms with Crippen LogP contribution < -0.4 is 5.73 Å². The zero-order valence-corrected chi connectivity index (χ0v) is 12.3. The van der Waals surface area contributed by atoms with E-state index in [9.17, 15) is 8.42 Å². The summed E-state index contributed by atoms with van der Waals surface area (Å²) in [5, 5.41) is -0.239. The first-order valence-electron chi connectivity index (χ1n) is 6.73. The molecule has 0 aliphatic carbocycles. The van der Waals surface area contributed by atoms with Gasteiger partial charge in [-0.25, -0.2) is 8.42 Å². The van der Waals surface area contributed by atoms with E-state index in [2.05, 4.69) is 9.88 Å². The second-order valence-corrected chi connectivity index (χ2v) is 6.97. The third kappa shape index (κ3) is 3.17. The van der Waals surface area contributed by atoms with Crippen LogP contribution in [0.4, 0.5) is 5.69 Å². The third-order valence-electron chi connectivity index (χ3n) is 3.44. The molecule has 1 aliphatic rings. The van der Waals surface area contributed by atoms with Gasteiger partial charge in [0.15, 0.2) is 5.58 Å². The molecule has 1 aromatic heterocycles. The standard InChI is InChI=1S/C13H17N3O4S/c14-10-1-2-11-12(9-10)20-13(15-11)21(17,18)8-5-16-3-6-19-7-4-16/h1-2,9H,3-8,14H2. The second kappa shape index (κ2) is 5.63. The first-order valence-corrected chi connectivity index (χ1v) is 8.39. The first kappa shape index (κ1) is 14.3. The van der Waals surface area contributed by atoms with E-state index < -0.39 is 9.84 Å². The van der Waals surface area contributed by atoms with Crippen molar-refractivity contribution in [2.45, 2.75) is 5.22 Å². The number of nitrogen functional groups attached to an aromatic ring is 1. The lowest BCUT2D eigenvalue weighted by Crippen LogP contribution is -2.39. The van der Waals surface area contributed by atoms with Gasteiger partial charge in [-0.1, -0.05) is 0 Å². The van der Waals surface area contributed by atoms with Crippen molar-refractivity contribution in [3.8, 4) is 0 Å². The molecule has 2 N–H and O–H groups in total. The lowest BCUT2D eigenvalue weighted by Gasteiger charge is -2.25. The lowest BCUT2D eigenvalue weighted by molar-refractivity contribution is 0.0408. The SMILES string of the molecule is Nc1ccc2nc(S(=O)(=O)CCN3CCOCC3)oc2c1. The van der Waals surface area contributed by atoms with Crippen LogP contribution in [0, 0.1) is 0 Å². The number of hydrogen-bond donors (Lipinski definition) is 1. The van der Waals surface area contributed by atoms with Crippen LogP contribution >= 0.6 is 0 Å². The minimum atomic E-state index is -3.54. The molecule has 1 aliphatic heterocycles. The van der Waals surface area contributed by atoms with Crippen LogP contribution in [0.25, 0.3) is 11.1 Å². The Kier molecular flexibility index (Phi) is 3.83. The van der Waals surface area contributed by atoms with Gasteiger partial charge in [0.25, 0.3) is 0 Å². The Bertz CT molecular complexity index is 735. The summed E-state index contributed by atoms with van der Waals surface area (Å²) in [6.07, 6.45) is 0. The lowest BCUT2D eigenvalue weighted by atomic mass is 10.3. The monoisotopic (exact) mass is 311 g/mol. The van der Waals surface area contributed by atoms with E-state index in [1.807, 2.05) is 0 Å². The van der Waals surface area contributed by atoms with Gasteiger partial charge in [-0.15, -0.1) is 0 Å². The number of benzene rings is 1. The van der Waals surface area contributed by atoms with Crippen molar-refractivity contribution >= 4 is 26.6 Å². The number of nitrogens with two attached hydrogens (primary N) is 1. The highest BCUT2D eigenvalue weighted by Crippen LogP contribution is 2.21. The molecular weight excluding hydrogens is 294 g/mol. The summed E-state index contributed by atoms with van der Waals surface area (Å²) >= 11 is 0. The summed E-state index contributed by atoms with van der Waals surface area (Å²) in [4.78, 5) is 6.09. The van der Waals surface area contributed by atoms with Gasteiger partial charge in [-0.3, -0.25) is 4.90 Å². The van der Waals surface area contributed by atoms with Gasteiger partial charge in [0.2, 0.25) is 9.84 Å².